The van der Waals surface area contributed by atoms with E-state index in [1.807, 2.05) is 6.92 Å². The van der Waals surface area contributed by atoms with Crippen molar-refractivity contribution < 1.29 is 9.53 Å². The largest absolute Gasteiger partial charge is 0.464 e. The van der Waals surface area contributed by atoms with Crippen LogP contribution in [0.4, 0.5) is 5.82 Å². The van der Waals surface area contributed by atoms with Gasteiger partial charge in [0.15, 0.2) is 4.77 Å². The Morgan fingerprint density at radius 2 is 2.33 bits per heavy atom. The Bertz CT molecular complexity index is 510. The first kappa shape index (κ1) is 14.4. The number of ether oxygens (including phenoxy) is 1. The van der Waals surface area contributed by atoms with Gasteiger partial charge in [0.05, 0.1) is 6.61 Å². The average Bonchev–Trinajstić information content (AvgIpc) is 2.32. The Morgan fingerprint density at radius 1 is 1.61 bits per heavy atom. The second-order valence-corrected chi connectivity index (χ2v) is 4.15. The fourth-order valence-electron chi connectivity index (χ4n) is 1.15. The SMILES string of the molecule is CCCCOC(=O)[C@H](C)Nc1n[nH]c(=S)[nH]c1=O. The number of nitrogens with one attached hydrogen (secondary N) is 3. The summed E-state index contributed by atoms with van der Waals surface area (Å²) in [6.45, 7) is 3.98. The lowest BCUT2D eigenvalue weighted by atomic mass is 10.3. The Balaban J connectivity index is 2.58. The zero-order valence-electron chi connectivity index (χ0n) is 10.3. The van der Waals surface area contributed by atoms with Gasteiger partial charge in [-0.1, -0.05) is 13.3 Å². The number of carbonyl (C=O) groups is 1. The van der Waals surface area contributed by atoms with E-state index in [9.17, 15) is 9.59 Å². The summed E-state index contributed by atoms with van der Waals surface area (Å²) >= 11 is 4.70. The fraction of sp³-hybridized carbons (Fsp3) is 0.600. The maximum Gasteiger partial charge on any atom is 0.328 e. The Kier molecular flexibility index (Phi) is 5.50. The van der Waals surface area contributed by atoms with E-state index in [0.29, 0.717) is 6.61 Å². The molecule has 0 aliphatic rings. The Labute approximate surface area is 109 Å². The van der Waals surface area contributed by atoms with Crippen molar-refractivity contribution in [2.45, 2.75) is 32.7 Å². The molecule has 1 aromatic rings. The molecule has 1 atom stereocenters. The lowest BCUT2D eigenvalue weighted by Gasteiger charge is -2.12. The van der Waals surface area contributed by atoms with Crippen molar-refractivity contribution in [2.75, 3.05) is 11.9 Å². The highest BCUT2D eigenvalue weighted by molar-refractivity contribution is 7.71. The first-order chi connectivity index (χ1) is 8.54. The van der Waals surface area contributed by atoms with Gasteiger partial charge < -0.3 is 10.1 Å². The number of aromatic amines is 2. The highest BCUT2D eigenvalue weighted by atomic mass is 32.1. The standard InChI is InChI=1S/C10H16N4O3S/c1-3-4-5-17-9(16)6(2)11-7-8(15)12-10(18)14-13-7/h6H,3-5H2,1-2H3,(H,11,13)(H2,12,14,15,18)/t6-/m0/s1. The third-order valence-corrected chi connectivity index (χ3v) is 2.35. The average molecular weight is 272 g/mol. The number of unbranched alkanes of at least 4 members (excludes halogenated alkanes) is 1. The predicted octanol–water partition coefficient (Wildman–Crippen LogP) is 0.971. The third kappa shape index (κ3) is 4.28. The van der Waals surface area contributed by atoms with Crippen LogP contribution in [-0.4, -0.2) is 33.8 Å². The normalized spacial score (nSPS) is 11.9. The van der Waals surface area contributed by atoms with Gasteiger partial charge in [0.1, 0.15) is 6.04 Å². The van der Waals surface area contributed by atoms with Crippen molar-refractivity contribution in [1.29, 1.82) is 0 Å². The number of hydrogen-bond acceptors (Lipinski definition) is 6. The smallest absolute Gasteiger partial charge is 0.328 e. The molecule has 0 radical (unpaired) electrons. The van der Waals surface area contributed by atoms with Gasteiger partial charge in [-0.25, -0.2) is 4.79 Å². The lowest BCUT2D eigenvalue weighted by molar-refractivity contribution is -0.144. The number of nitrogens with zero attached hydrogens (tertiary/aromatic N) is 1. The molecule has 18 heavy (non-hydrogen) atoms. The molecule has 1 heterocycles. The number of H-pyrrole nitrogens is 2. The quantitative estimate of drug-likeness (QED) is 0.405. The van der Waals surface area contributed by atoms with Gasteiger partial charge in [0.2, 0.25) is 5.82 Å². The van der Waals surface area contributed by atoms with Crippen molar-refractivity contribution in [3.8, 4) is 0 Å². The van der Waals surface area contributed by atoms with Crippen molar-refractivity contribution >= 4 is 24.0 Å². The molecule has 0 aliphatic heterocycles. The number of anilines is 1. The molecule has 0 aliphatic carbocycles. The number of carbonyl (C=O) groups excluding carboxylic acids is 1. The summed E-state index contributed by atoms with van der Waals surface area (Å²) in [5, 5.41) is 8.79. The summed E-state index contributed by atoms with van der Waals surface area (Å²) in [5.74, 6) is -0.421. The predicted molar refractivity (Wildman–Crippen MR) is 69.0 cm³/mol. The molecule has 0 amide bonds. The molecule has 1 aromatic heterocycles. The van der Waals surface area contributed by atoms with E-state index in [1.165, 1.54) is 0 Å². The third-order valence-electron chi connectivity index (χ3n) is 2.16. The van der Waals surface area contributed by atoms with E-state index < -0.39 is 17.6 Å². The molecule has 0 aromatic carbocycles. The van der Waals surface area contributed by atoms with Gasteiger partial charge in [-0.05, 0) is 25.6 Å². The maximum atomic E-state index is 11.5. The number of esters is 1. The summed E-state index contributed by atoms with van der Waals surface area (Å²) in [6.07, 6.45) is 1.77. The van der Waals surface area contributed by atoms with E-state index in [0.717, 1.165) is 12.8 Å². The molecular weight excluding hydrogens is 256 g/mol. The van der Waals surface area contributed by atoms with Crippen LogP contribution >= 0.6 is 12.2 Å². The molecule has 0 unspecified atom stereocenters. The topological polar surface area (TPSA) is 99.9 Å². The van der Waals surface area contributed by atoms with Gasteiger partial charge in [-0.15, -0.1) is 5.10 Å². The minimum Gasteiger partial charge on any atom is -0.464 e. The molecule has 0 saturated carbocycles. The van der Waals surface area contributed by atoms with E-state index in [2.05, 4.69) is 20.5 Å². The molecule has 8 heteroatoms. The van der Waals surface area contributed by atoms with E-state index in [-0.39, 0.29) is 10.6 Å². The second kappa shape index (κ2) is 6.90. The Hall–Kier alpha value is -1.70. The Morgan fingerprint density at radius 3 is 2.94 bits per heavy atom. The molecule has 0 saturated heterocycles. The number of rotatable bonds is 6. The lowest BCUT2D eigenvalue weighted by Crippen LogP contribution is -2.32. The van der Waals surface area contributed by atoms with Crippen molar-refractivity contribution in [2.24, 2.45) is 0 Å². The zero-order chi connectivity index (χ0) is 13.5. The summed E-state index contributed by atoms with van der Waals surface area (Å²) in [4.78, 5) is 25.3. The van der Waals surface area contributed by atoms with E-state index in [1.54, 1.807) is 6.92 Å². The van der Waals surface area contributed by atoms with Crippen LogP contribution in [-0.2, 0) is 9.53 Å². The number of aromatic nitrogens is 3. The van der Waals surface area contributed by atoms with Crippen molar-refractivity contribution in [3.05, 3.63) is 15.1 Å². The molecule has 100 valence electrons. The highest BCUT2D eigenvalue weighted by Crippen LogP contribution is 1.98. The molecular formula is C10H16N4O3S. The van der Waals surface area contributed by atoms with Crippen LogP contribution in [0, 0.1) is 4.77 Å². The first-order valence-electron chi connectivity index (χ1n) is 5.66. The highest BCUT2D eigenvalue weighted by Gasteiger charge is 2.16. The van der Waals surface area contributed by atoms with E-state index in [4.69, 9.17) is 17.0 Å². The van der Waals surface area contributed by atoms with Crippen molar-refractivity contribution in [1.82, 2.24) is 15.2 Å². The van der Waals surface area contributed by atoms with Gasteiger partial charge >= 0.3 is 5.97 Å². The summed E-state index contributed by atoms with van der Waals surface area (Å²) in [7, 11) is 0. The van der Waals surface area contributed by atoms with Gasteiger partial charge in [0.25, 0.3) is 5.56 Å². The van der Waals surface area contributed by atoms with Crippen LogP contribution in [0.1, 0.15) is 26.7 Å². The van der Waals surface area contributed by atoms with Gasteiger partial charge in [-0.3, -0.25) is 14.9 Å². The molecule has 1 rings (SSSR count). The van der Waals surface area contributed by atoms with E-state index >= 15 is 0 Å². The van der Waals surface area contributed by atoms with Crippen LogP contribution < -0.4 is 10.9 Å². The second-order valence-electron chi connectivity index (χ2n) is 3.74. The zero-order valence-corrected chi connectivity index (χ0v) is 11.1. The minimum absolute atomic E-state index is 0.00328. The summed E-state index contributed by atoms with van der Waals surface area (Å²) in [5.41, 5.74) is -0.480. The van der Waals surface area contributed by atoms with Crippen LogP contribution in [0.5, 0.6) is 0 Å². The summed E-state index contributed by atoms with van der Waals surface area (Å²) < 4.78 is 5.14. The minimum atomic E-state index is -0.653. The van der Waals surface area contributed by atoms with Crippen LogP contribution in [0.2, 0.25) is 0 Å². The van der Waals surface area contributed by atoms with Crippen LogP contribution in [0.15, 0.2) is 4.79 Å². The van der Waals surface area contributed by atoms with Crippen molar-refractivity contribution in [3.63, 3.8) is 0 Å². The molecule has 7 nitrogen and oxygen atoms in total. The van der Waals surface area contributed by atoms with Gasteiger partial charge in [-0.2, -0.15) is 0 Å². The first-order valence-corrected chi connectivity index (χ1v) is 6.07. The maximum absolute atomic E-state index is 11.5. The van der Waals surface area contributed by atoms with Crippen LogP contribution in [0.3, 0.4) is 0 Å². The molecule has 0 bridgehead atoms. The van der Waals surface area contributed by atoms with Crippen LogP contribution in [0.25, 0.3) is 0 Å². The number of hydrogen-bond donors (Lipinski definition) is 3. The molecule has 3 N–H and O–H groups in total. The fourth-order valence-corrected chi connectivity index (χ4v) is 1.29. The monoisotopic (exact) mass is 272 g/mol. The van der Waals surface area contributed by atoms with Gasteiger partial charge in [0, 0.05) is 0 Å². The molecule has 0 fully saturated rings. The molecule has 0 spiro atoms. The summed E-state index contributed by atoms with van der Waals surface area (Å²) in [6, 6.07) is -0.653.